The van der Waals surface area contributed by atoms with Crippen LogP contribution in [0.4, 0.5) is 0 Å². The van der Waals surface area contributed by atoms with Gasteiger partial charge in [-0.05, 0) is 37.3 Å². The number of aryl methyl sites for hydroxylation is 2. The molecule has 0 fully saturated rings. The van der Waals surface area contributed by atoms with E-state index in [0.29, 0.717) is 6.42 Å². The van der Waals surface area contributed by atoms with Gasteiger partial charge in [-0.15, -0.1) is 11.3 Å². The maximum Gasteiger partial charge on any atom is 0.331 e. The molecule has 88 valence electrons. The smallest absolute Gasteiger partial charge is 0.331 e. The molecule has 16 heavy (non-hydrogen) atoms. The predicted octanol–water partition coefficient (Wildman–Crippen LogP) is 1.97. The van der Waals surface area contributed by atoms with Crippen LogP contribution < -0.4 is 5.73 Å². The summed E-state index contributed by atoms with van der Waals surface area (Å²) in [6, 6.07) is 2.18. The van der Waals surface area contributed by atoms with Crippen molar-refractivity contribution in [2.75, 3.05) is 7.11 Å². The second-order valence-electron chi connectivity index (χ2n) is 4.24. The van der Waals surface area contributed by atoms with Crippen molar-refractivity contribution >= 4 is 17.3 Å². The summed E-state index contributed by atoms with van der Waals surface area (Å²) >= 11 is 1.66. The lowest BCUT2D eigenvalue weighted by Gasteiger charge is -2.30. The summed E-state index contributed by atoms with van der Waals surface area (Å²) in [5, 5.41) is 0. The third kappa shape index (κ3) is 1.66. The molecule has 0 radical (unpaired) electrons. The van der Waals surface area contributed by atoms with Crippen LogP contribution in [-0.4, -0.2) is 13.1 Å². The highest BCUT2D eigenvalue weighted by Gasteiger charge is 2.42. The molecule has 0 bridgehead atoms. The highest BCUT2D eigenvalue weighted by atomic mass is 32.1. The van der Waals surface area contributed by atoms with Crippen molar-refractivity contribution in [1.29, 1.82) is 0 Å². The SMILES string of the molecule is CCc1cc2c(s1)C(N)(C(=O)OC)CCC2. The number of methoxy groups -OCH3 is 1. The van der Waals surface area contributed by atoms with E-state index in [4.69, 9.17) is 10.5 Å². The number of carbonyl (C=O) groups excluding carboxylic acids is 1. The van der Waals surface area contributed by atoms with Crippen molar-refractivity contribution in [1.82, 2.24) is 0 Å². The van der Waals surface area contributed by atoms with Crippen LogP contribution in [0.1, 0.15) is 35.1 Å². The van der Waals surface area contributed by atoms with Crippen LogP contribution in [0.3, 0.4) is 0 Å². The Morgan fingerprint density at radius 3 is 3.06 bits per heavy atom. The third-order valence-electron chi connectivity index (χ3n) is 3.18. The van der Waals surface area contributed by atoms with Gasteiger partial charge in [0, 0.05) is 9.75 Å². The first-order valence-electron chi connectivity index (χ1n) is 5.61. The largest absolute Gasteiger partial charge is 0.467 e. The molecule has 1 heterocycles. The number of rotatable bonds is 2. The molecule has 1 aliphatic carbocycles. The summed E-state index contributed by atoms with van der Waals surface area (Å²) in [6.45, 7) is 2.12. The van der Waals surface area contributed by atoms with Gasteiger partial charge in [-0.25, -0.2) is 4.79 Å². The average molecular weight is 239 g/mol. The van der Waals surface area contributed by atoms with E-state index in [1.54, 1.807) is 11.3 Å². The Bertz CT molecular complexity index is 413. The van der Waals surface area contributed by atoms with Crippen molar-refractivity contribution in [2.45, 2.75) is 38.1 Å². The highest BCUT2D eigenvalue weighted by molar-refractivity contribution is 7.12. The minimum atomic E-state index is -0.902. The summed E-state index contributed by atoms with van der Waals surface area (Å²) in [4.78, 5) is 14.1. The molecule has 1 aromatic heterocycles. The molecule has 0 aliphatic heterocycles. The quantitative estimate of drug-likeness (QED) is 0.803. The van der Waals surface area contributed by atoms with Crippen LogP contribution >= 0.6 is 11.3 Å². The second-order valence-corrected chi connectivity index (χ2v) is 5.37. The van der Waals surface area contributed by atoms with Gasteiger partial charge < -0.3 is 10.5 Å². The van der Waals surface area contributed by atoms with E-state index in [1.807, 2.05) is 0 Å². The Morgan fingerprint density at radius 2 is 2.44 bits per heavy atom. The maximum atomic E-state index is 11.8. The van der Waals surface area contributed by atoms with Crippen molar-refractivity contribution in [3.05, 3.63) is 21.4 Å². The van der Waals surface area contributed by atoms with Gasteiger partial charge in [-0.1, -0.05) is 6.92 Å². The van der Waals surface area contributed by atoms with E-state index < -0.39 is 5.54 Å². The van der Waals surface area contributed by atoms with Crippen molar-refractivity contribution in [2.24, 2.45) is 5.73 Å². The first-order chi connectivity index (χ1) is 7.61. The fourth-order valence-electron chi connectivity index (χ4n) is 2.27. The summed E-state index contributed by atoms with van der Waals surface area (Å²) in [6.07, 6.45) is 3.67. The molecule has 0 amide bonds. The average Bonchev–Trinajstić information content (AvgIpc) is 2.72. The molecule has 0 saturated heterocycles. The minimum absolute atomic E-state index is 0.307. The van der Waals surface area contributed by atoms with Crippen LogP contribution in [0.5, 0.6) is 0 Å². The topological polar surface area (TPSA) is 52.3 Å². The van der Waals surface area contributed by atoms with Gasteiger partial charge in [-0.3, -0.25) is 0 Å². The fraction of sp³-hybridized carbons (Fsp3) is 0.583. The first-order valence-corrected chi connectivity index (χ1v) is 6.43. The van der Waals surface area contributed by atoms with E-state index in [2.05, 4.69) is 13.0 Å². The molecule has 4 heteroatoms. The van der Waals surface area contributed by atoms with Crippen LogP contribution in [0.25, 0.3) is 0 Å². The number of carbonyl (C=O) groups is 1. The molecule has 1 aromatic rings. The molecule has 1 aliphatic rings. The summed E-state index contributed by atoms with van der Waals surface area (Å²) < 4.78 is 4.84. The standard InChI is InChI=1S/C12H17NO2S/c1-3-9-7-8-5-4-6-12(13,10(8)16-9)11(14)15-2/h7H,3-6,13H2,1-2H3. The first kappa shape index (κ1) is 11.6. The molecular formula is C12H17NO2S. The number of ether oxygens (including phenoxy) is 1. The van der Waals surface area contributed by atoms with Gasteiger partial charge in [0.05, 0.1) is 7.11 Å². The van der Waals surface area contributed by atoms with Crippen molar-refractivity contribution in [3.63, 3.8) is 0 Å². The number of hydrogen-bond acceptors (Lipinski definition) is 4. The predicted molar refractivity (Wildman–Crippen MR) is 64.5 cm³/mol. The van der Waals surface area contributed by atoms with E-state index in [9.17, 15) is 4.79 Å². The normalized spacial score (nSPS) is 23.9. The lowest BCUT2D eigenvalue weighted by atomic mass is 9.83. The van der Waals surface area contributed by atoms with Crippen LogP contribution in [0, 0.1) is 0 Å². The summed E-state index contributed by atoms with van der Waals surface area (Å²) in [7, 11) is 1.40. The van der Waals surface area contributed by atoms with Gasteiger partial charge in [0.1, 0.15) is 5.54 Å². The lowest BCUT2D eigenvalue weighted by molar-refractivity contribution is -0.148. The molecule has 2 rings (SSSR count). The Morgan fingerprint density at radius 1 is 1.69 bits per heavy atom. The van der Waals surface area contributed by atoms with Gasteiger partial charge in [0.25, 0.3) is 0 Å². The zero-order valence-electron chi connectivity index (χ0n) is 9.71. The molecule has 2 N–H and O–H groups in total. The fourth-order valence-corrected chi connectivity index (χ4v) is 3.54. The molecule has 1 atom stereocenters. The molecule has 0 spiro atoms. The number of thiophene rings is 1. The maximum absolute atomic E-state index is 11.8. The lowest BCUT2D eigenvalue weighted by Crippen LogP contribution is -2.47. The zero-order valence-corrected chi connectivity index (χ0v) is 10.5. The van der Waals surface area contributed by atoms with Crippen molar-refractivity contribution in [3.8, 4) is 0 Å². The molecule has 3 nitrogen and oxygen atoms in total. The second kappa shape index (κ2) is 4.18. The van der Waals surface area contributed by atoms with Gasteiger partial charge in [0.2, 0.25) is 0 Å². The number of fused-ring (bicyclic) bond motifs is 1. The van der Waals surface area contributed by atoms with Crippen molar-refractivity contribution < 1.29 is 9.53 Å². The molecule has 1 unspecified atom stereocenters. The molecular weight excluding hydrogens is 222 g/mol. The van der Waals surface area contributed by atoms with Gasteiger partial charge in [-0.2, -0.15) is 0 Å². The number of nitrogens with two attached hydrogens (primary N) is 1. The van der Waals surface area contributed by atoms with E-state index >= 15 is 0 Å². The van der Waals surface area contributed by atoms with Crippen LogP contribution in [0.2, 0.25) is 0 Å². The zero-order chi connectivity index (χ0) is 11.8. The third-order valence-corrected chi connectivity index (χ3v) is 4.68. The van der Waals surface area contributed by atoms with E-state index in [0.717, 1.165) is 24.1 Å². The Balaban J connectivity index is 2.46. The number of esters is 1. The van der Waals surface area contributed by atoms with Gasteiger partial charge >= 0.3 is 5.97 Å². The number of hydrogen-bond donors (Lipinski definition) is 1. The Kier molecular flexibility index (Phi) is 3.04. The molecule has 0 aromatic carbocycles. The Labute approximate surface area is 99.6 Å². The highest BCUT2D eigenvalue weighted by Crippen LogP contribution is 2.39. The molecule has 0 saturated carbocycles. The Hall–Kier alpha value is -0.870. The van der Waals surface area contributed by atoms with E-state index in [1.165, 1.54) is 17.6 Å². The van der Waals surface area contributed by atoms with Crippen LogP contribution in [-0.2, 0) is 27.9 Å². The summed E-state index contributed by atoms with van der Waals surface area (Å²) in [5.41, 5.74) is 6.56. The minimum Gasteiger partial charge on any atom is -0.467 e. The van der Waals surface area contributed by atoms with Crippen LogP contribution in [0.15, 0.2) is 6.07 Å². The summed E-state index contributed by atoms with van der Waals surface area (Å²) in [5.74, 6) is -0.307. The monoisotopic (exact) mass is 239 g/mol. The van der Waals surface area contributed by atoms with Gasteiger partial charge in [0.15, 0.2) is 0 Å². The van der Waals surface area contributed by atoms with E-state index in [-0.39, 0.29) is 5.97 Å².